The lowest BCUT2D eigenvalue weighted by Crippen LogP contribution is -1.95. The fourth-order valence-corrected chi connectivity index (χ4v) is 1.62. The van der Waals surface area contributed by atoms with Crippen molar-refractivity contribution in [1.29, 1.82) is 0 Å². The van der Waals surface area contributed by atoms with Crippen LogP contribution in [0.5, 0.6) is 0 Å². The van der Waals surface area contributed by atoms with E-state index in [0.717, 1.165) is 10.8 Å². The van der Waals surface area contributed by atoms with Crippen LogP contribution in [-0.2, 0) is 0 Å². The molecular formula is C11H10AlClO2. The van der Waals surface area contributed by atoms with Crippen LogP contribution >= 0.6 is 11.6 Å². The van der Waals surface area contributed by atoms with E-state index in [4.69, 9.17) is 16.7 Å². The number of hydrogen-bond acceptors (Lipinski definition) is 1. The number of fused-ring (bicyclic) bond motifs is 1. The van der Waals surface area contributed by atoms with Crippen LogP contribution < -0.4 is 0 Å². The lowest BCUT2D eigenvalue weighted by Gasteiger charge is -2.01. The first-order valence-electron chi connectivity index (χ1n) is 4.10. The first-order valence-corrected chi connectivity index (χ1v) is 4.48. The highest BCUT2D eigenvalue weighted by atomic mass is 35.5. The van der Waals surface area contributed by atoms with Gasteiger partial charge in [0.2, 0.25) is 0 Å². The van der Waals surface area contributed by atoms with Gasteiger partial charge in [0.1, 0.15) is 0 Å². The van der Waals surface area contributed by atoms with Gasteiger partial charge in [-0.1, -0.05) is 29.8 Å². The van der Waals surface area contributed by atoms with E-state index in [1.165, 1.54) is 0 Å². The zero-order valence-electron chi connectivity index (χ0n) is 7.20. The van der Waals surface area contributed by atoms with Gasteiger partial charge in [0.15, 0.2) is 17.4 Å². The van der Waals surface area contributed by atoms with Gasteiger partial charge in [0, 0.05) is 10.4 Å². The van der Waals surface area contributed by atoms with Crippen molar-refractivity contribution in [2.75, 3.05) is 0 Å². The van der Waals surface area contributed by atoms with Crippen LogP contribution in [0, 0.1) is 0 Å². The van der Waals surface area contributed by atoms with Gasteiger partial charge in [-0.3, -0.25) is 0 Å². The van der Waals surface area contributed by atoms with Gasteiger partial charge in [0.05, 0.1) is 5.56 Å². The Hall–Kier alpha value is -1.01. The zero-order chi connectivity index (χ0) is 10.1. The number of benzene rings is 2. The van der Waals surface area contributed by atoms with E-state index in [0.29, 0.717) is 5.02 Å². The number of halogens is 1. The number of aromatic carboxylic acids is 1. The molecule has 0 bridgehead atoms. The van der Waals surface area contributed by atoms with Crippen LogP contribution in [-0.4, -0.2) is 28.4 Å². The first kappa shape index (κ1) is 12.1. The second-order valence-corrected chi connectivity index (χ2v) is 3.39. The molecule has 4 heteroatoms. The summed E-state index contributed by atoms with van der Waals surface area (Å²) in [6.07, 6.45) is 0. The molecule has 0 fully saturated rings. The molecule has 2 nitrogen and oxygen atoms in total. The Morgan fingerprint density at radius 3 is 2.60 bits per heavy atom. The third-order valence-electron chi connectivity index (χ3n) is 2.07. The van der Waals surface area contributed by atoms with Gasteiger partial charge in [-0.05, 0) is 23.6 Å². The molecule has 0 saturated heterocycles. The van der Waals surface area contributed by atoms with Crippen molar-refractivity contribution in [3.05, 3.63) is 47.0 Å². The summed E-state index contributed by atoms with van der Waals surface area (Å²) in [5.74, 6) is -0.924. The minimum absolute atomic E-state index is 0. The highest BCUT2D eigenvalue weighted by Crippen LogP contribution is 2.23. The van der Waals surface area contributed by atoms with E-state index in [-0.39, 0.29) is 22.9 Å². The number of carbonyl (C=O) groups is 1. The van der Waals surface area contributed by atoms with Crippen molar-refractivity contribution in [3.8, 4) is 0 Å². The monoisotopic (exact) mass is 236 g/mol. The smallest absolute Gasteiger partial charge is 0.335 e. The normalized spacial score (nSPS) is 9.67. The predicted molar refractivity (Wildman–Crippen MR) is 65.9 cm³/mol. The zero-order valence-corrected chi connectivity index (χ0v) is 7.95. The van der Waals surface area contributed by atoms with E-state index in [1.54, 1.807) is 30.3 Å². The maximum absolute atomic E-state index is 10.7. The van der Waals surface area contributed by atoms with Gasteiger partial charge >= 0.3 is 5.97 Å². The molecule has 0 atom stereocenters. The molecule has 2 aromatic rings. The molecule has 2 aromatic carbocycles. The van der Waals surface area contributed by atoms with Crippen LogP contribution in [0.3, 0.4) is 0 Å². The second-order valence-electron chi connectivity index (χ2n) is 2.98. The minimum atomic E-state index is -0.924. The van der Waals surface area contributed by atoms with Crippen LogP contribution in [0.15, 0.2) is 36.4 Å². The largest absolute Gasteiger partial charge is 0.478 e. The summed E-state index contributed by atoms with van der Waals surface area (Å²) in [7, 11) is 0. The number of carboxylic acids is 1. The summed E-state index contributed by atoms with van der Waals surface area (Å²) in [4.78, 5) is 10.7. The Balaban J connectivity index is 0.00000112. The highest BCUT2D eigenvalue weighted by molar-refractivity contribution is 6.35. The lowest BCUT2D eigenvalue weighted by atomic mass is 10.1. The third kappa shape index (κ3) is 2.32. The Morgan fingerprint density at radius 2 is 1.93 bits per heavy atom. The van der Waals surface area contributed by atoms with Crippen molar-refractivity contribution in [2.45, 2.75) is 0 Å². The molecule has 0 radical (unpaired) electrons. The minimum Gasteiger partial charge on any atom is -0.478 e. The molecule has 0 aliphatic rings. The molecule has 1 N–H and O–H groups in total. The molecular weight excluding hydrogens is 227 g/mol. The Morgan fingerprint density at radius 1 is 1.20 bits per heavy atom. The maximum Gasteiger partial charge on any atom is 0.335 e. The standard InChI is InChI=1S/C11H7ClO2.Al.3H/c12-10-3-1-2-7-6-8(11(13)14)4-5-9(7)10;;;;/h1-6H,(H,13,14);;;;. The lowest BCUT2D eigenvalue weighted by molar-refractivity contribution is 0.0697. The number of carboxylic acid groups (broad SMARTS) is 1. The molecule has 2 rings (SSSR count). The fourth-order valence-electron chi connectivity index (χ4n) is 1.38. The molecule has 0 saturated carbocycles. The number of rotatable bonds is 1. The van der Waals surface area contributed by atoms with Gasteiger partial charge in [-0.2, -0.15) is 0 Å². The maximum atomic E-state index is 10.7. The number of hydrogen-bond donors (Lipinski definition) is 1. The van der Waals surface area contributed by atoms with E-state index >= 15 is 0 Å². The summed E-state index contributed by atoms with van der Waals surface area (Å²) in [5.41, 5.74) is 0.278. The molecule has 0 amide bonds. The van der Waals surface area contributed by atoms with Crippen LogP contribution in [0.2, 0.25) is 5.02 Å². The Bertz CT molecular complexity index is 511. The average Bonchev–Trinajstić information content (AvgIpc) is 2.17. The van der Waals surface area contributed by atoms with Crippen molar-refractivity contribution in [1.82, 2.24) is 0 Å². The quantitative estimate of drug-likeness (QED) is 0.769. The van der Waals surface area contributed by atoms with E-state index in [2.05, 4.69) is 0 Å². The molecule has 0 aromatic heterocycles. The topological polar surface area (TPSA) is 37.3 Å². The average molecular weight is 237 g/mol. The summed E-state index contributed by atoms with van der Waals surface area (Å²) < 4.78 is 0. The fraction of sp³-hybridized carbons (Fsp3) is 0. The molecule has 0 spiro atoms. The molecule has 0 unspecified atom stereocenters. The van der Waals surface area contributed by atoms with Crippen molar-refractivity contribution < 1.29 is 9.90 Å². The summed E-state index contributed by atoms with van der Waals surface area (Å²) in [6, 6.07) is 10.3. The van der Waals surface area contributed by atoms with Gasteiger partial charge in [-0.15, -0.1) is 0 Å². The SMILES string of the molecule is O=C(O)c1ccc2c(Cl)cccc2c1.[AlH3]. The van der Waals surface area contributed by atoms with Gasteiger partial charge in [0.25, 0.3) is 0 Å². The molecule has 15 heavy (non-hydrogen) atoms. The summed E-state index contributed by atoms with van der Waals surface area (Å²) >= 11 is 5.94. The highest BCUT2D eigenvalue weighted by Gasteiger charge is 2.04. The predicted octanol–water partition coefficient (Wildman–Crippen LogP) is 2.01. The van der Waals surface area contributed by atoms with Crippen LogP contribution in [0.4, 0.5) is 0 Å². The van der Waals surface area contributed by atoms with E-state index < -0.39 is 5.97 Å². The first-order chi connectivity index (χ1) is 6.68. The van der Waals surface area contributed by atoms with Crippen molar-refractivity contribution in [2.24, 2.45) is 0 Å². The second kappa shape index (κ2) is 4.67. The Labute approximate surface area is 103 Å². The van der Waals surface area contributed by atoms with Crippen molar-refractivity contribution in [3.63, 3.8) is 0 Å². The molecule has 0 aliphatic heterocycles. The van der Waals surface area contributed by atoms with E-state index in [1.807, 2.05) is 6.07 Å². The van der Waals surface area contributed by atoms with Crippen LogP contribution in [0.1, 0.15) is 10.4 Å². The van der Waals surface area contributed by atoms with Gasteiger partial charge in [-0.25, -0.2) is 4.79 Å². The van der Waals surface area contributed by atoms with E-state index in [9.17, 15) is 4.79 Å². The van der Waals surface area contributed by atoms with Crippen molar-refractivity contribution >= 4 is 45.7 Å². The molecule has 0 heterocycles. The van der Waals surface area contributed by atoms with Gasteiger partial charge < -0.3 is 5.11 Å². The summed E-state index contributed by atoms with van der Waals surface area (Å²) in [5, 5.41) is 11.1. The van der Waals surface area contributed by atoms with Crippen LogP contribution in [0.25, 0.3) is 10.8 Å². The Kier molecular flexibility index (Phi) is 3.76. The third-order valence-corrected chi connectivity index (χ3v) is 2.40. The summed E-state index contributed by atoms with van der Waals surface area (Å²) in [6.45, 7) is 0. The molecule has 0 aliphatic carbocycles. The molecule has 76 valence electrons.